The van der Waals surface area contributed by atoms with Gasteiger partial charge in [-0.1, -0.05) is 23.8 Å². The van der Waals surface area contributed by atoms with Crippen molar-refractivity contribution in [1.29, 1.82) is 0 Å². The summed E-state index contributed by atoms with van der Waals surface area (Å²) in [5, 5.41) is 4.03. The Morgan fingerprint density at radius 3 is 2.75 bits per heavy atom. The van der Waals surface area contributed by atoms with Crippen molar-refractivity contribution in [1.82, 2.24) is 9.78 Å². The van der Waals surface area contributed by atoms with Crippen molar-refractivity contribution < 1.29 is 4.79 Å². The molecule has 0 spiro atoms. The number of aromatic nitrogens is 2. The normalized spacial score (nSPS) is 10.4. The predicted molar refractivity (Wildman–Crippen MR) is 65.5 cm³/mol. The summed E-state index contributed by atoms with van der Waals surface area (Å²) in [7, 11) is 1.76. The number of ketones is 1. The van der Waals surface area contributed by atoms with Crippen LogP contribution in [0.4, 0.5) is 0 Å². The Kier molecular flexibility index (Phi) is 2.92. The molecule has 0 unspecified atom stereocenters. The maximum atomic E-state index is 12.2. The van der Waals surface area contributed by atoms with Crippen LogP contribution in [0.5, 0.6) is 0 Å². The second-order valence-electron chi connectivity index (χ2n) is 3.66. The van der Waals surface area contributed by atoms with Gasteiger partial charge < -0.3 is 0 Å². The molecule has 0 aliphatic heterocycles. The number of benzene rings is 1. The molecule has 0 saturated heterocycles. The lowest BCUT2D eigenvalue weighted by atomic mass is 10.1. The molecule has 2 rings (SSSR count). The van der Waals surface area contributed by atoms with E-state index in [0.29, 0.717) is 11.3 Å². The summed E-state index contributed by atoms with van der Waals surface area (Å²) >= 11 is 3.33. The first-order valence-electron chi connectivity index (χ1n) is 4.88. The molecular weight excluding hydrogens is 268 g/mol. The number of aryl methyl sites for hydroxylation is 2. The van der Waals surface area contributed by atoms with E-state index in [1.165, 1.54) is 0 Å². The van der Waals surface area contributed by atoms with E-state index in [1.807, 2.05) is 31.2 Å². The van der Waals surface area contributed by atoms with Gasteiger partial charge in [0.25, 0.3) is 0 Å². The third kappa shape index (κ3) is 1.93. The summed E-state index contributed by atoms with van der Waals surface area (Å²) in [6.45, 7) is 1.97. The first-order chi connectivity index (χ1) is 7.59. The Morgan fingerprint density at radius 2 is 2.19 bits per heavy atom. The number of hydrogen-bond donors (Lipinski definition) is 0. The van der Waals surface area contributed by atoms with Crippen molar-refractivity contribution in [2.75, 3.05) is 0 Å². The molecule has 82 valence electrons. The summed E-state index contributed by atoms with van der Waals surface area (Å²) in [6, 6.07) is 7.54. The van der Waals surface area contributed by atoms with Crippen LogP contribution in [-0.4, -0.2) is 15.6 Å². The van der Waals surface area contributed by atoms with Gasteiger partial charge in [0, 0.05) is 12.6 Å². The van der Waals surface area contributed by atoms with Crippen molar-refractivity contribution >= 4 is 21.7 Å². The van der Waals surface area contributed by atoms with Gasteiger partial charge in [-0.25, -0.2) is 0 Å². The van der Waals surface area contributed by atoms with Crippen LogP contribution >= 0.6 is 15.9 Å². The van der Waals surface area contributed by atoms with Gasteiger partial charge in [-0.2, -0.15) is 5.10 Å². The Balaban J connectivity index is 2.47. The molecule has 16 heavy (non-hydrogen) atoms. The van der Waals surface area contributed by atoms with Crippen molar-refractivity contribution in [2.24, 2.45) is 7.05 Å². The molecule has 4 heteroatoms. The van der Waals surface area contributed by atoms with Crippen LogP contribution in [-0.2, 0) is 7.05 Å². The zero-order valence-corrected chi connectivity index (χ0v) is 10.7. The Hall–Kier alpha value is -1.42. The van der Waals surface area contributed by atoms with Crippen molar-refractivity contribution in [3.8, 4) is 0 Å². The number of nitrogens with zero attached hydrogens (tertiary/aromatic N) is 2. The van der Waals surface area contributed by atoms with Crippen LogP contribution in [0.15, 0.2) is 34.9 Å². The van der Waals surface area contributed by atoms with E-state index >= 15 is 0 Å². The van der Waals surface area contributed by atoms with E-state index in [-0.39, 0.29) is 5.78 Å². The molecular formula is C12H11BrN2O. The molecule has 0 N–H and O–H groups in total. The molecule has 0 bridgehead atoms. The fourth-order valence-electron chi connectivity index (χ4n) is 1.59. The quantitative estimate of drug-likeness (QED) is 0.792. The van der Waals surface area contributed by atoms with Crippen molar-refractivity contribution in [3.63, 3.8) is 0 Å². The van der Waals surface area contributed by atoms with Crippen LogP contribution < -0.4 is 0 Å². The standard InChI is InChI=1S/C12H11BrN2O/c1-8-4-3-5-9(6-8)12(16)11-10(13)7-14-15(11)2/h3-7H,1-2H3. The molecule has 0 aliphatic carbocycles. The van der Waals surface area contributed by atoms with Gasteiger partial charge in [0.1, 0.15) is 5.69 Å². The van der Waals surface area contributed by atoms with Gasteiger partial charge in [0.2, 0.25) is 5.78 Å². The molecule has 1 aromatic heterocycles. The maximum Gasteiger partial charge on any atom is 0.212 e. The molecule has 0 radical (unpaired) electrons. The summed E-state index contributed by atoms with van der Waals surface area (Å²) in [5.41, 5.74) is 2.33. The average molecular weight is 279 g/mol. The first kappa shape index (κ1) is 11.1. The van der Waals surface area contributed by atoms with Crippen LogP contribution in [0.25, 0.3) is 0 Å². The monoisotopic (exact) mass is 278 g/mol. The molecule has 0 atom stereocenters. The minimum Gasteiger partial charge on any atom is -0.287 e. The SMILES string of the molecule is Cc1cccc(C(=O)c2c(Br)cnn2C)c1. The van der Waals surface area contributed by atoms with E-state index in [2.05, 4.69) is 21.0 Å². The van der Waals surface area contributed by atoms with Gasteiger partial charge in [-0.15, -0.1) is 0 Å². The Labute approximate surface area is 102 Å². The van der Waals surface area contributed by atoms with E-state index < -0.39 is 0 Å². The highest BCUT2D eigenvalue weighted by atomic mass is 79.9. The number of rotatable bonds is 2. The lowest BCUT2D eigenvalue weighted by molar-refractivity contribution is 0.102. The zero-order chi connectivity index (χ0) is 11.7. The van der Waals surface area contributed by atoms with Gasteiger partial charge in [0.05, 0.1) is 10.7 Å². The minimum atomic E-state index is -0.0180. The lowest BCUT2D eigenvalue weighted by Gasteiger charge is -2.03. The fraction of sp³-hybridized carbons (Fsp3) is 0.167. The second-order valence-corrected chi connectivity index (χ2v) is 4.52. The number of carbonyl (C=O) groups is 1. The topological polar surface area (TPSA) is 34.9 Å². The third-order valence-corrected chi connectivity index (χ3v) is 2.97. The molecule has 2 aromatic rings. The van der Waals surface area contributed by atoms with Crippen LogP contribution in [0.1, 0.15) is 21.6 Å². The minimum absolute atomic E-state index is 0.0180. The smallest absolute Gasteiger partial charge is 0.212 e. The summed E-state index contributed by atoms with van der Waals surface area (Å²) in [6.07, 6.45) is 1.63. The van der Waals surface area contributed by atoms with Crippen LogP contribution in [0.2, 0.25) is 0 Å². The summed E-state index contributed by atoms with van der Waals surface area (Å²) in [5.74, 6) is -0.0180. The van der Waals surface area contributed by atoms with Crippen LogP contribution in [0.3, 0.4) is 0 Å². The van der Waals surface area contributed by atoms with E-state index in [4.69, 9.17) is 0 Å². The van der Waals surface area contributed by atoms with E-state index in [1.54, 1.807) is 17.9 Å². The largest absolute Gasteiger partial charge is 0.287 e. The van der Waals surface area contributed by atoms with E-state index in [0.717, 1.165) is 10.0 Å². The predicted octanol–water partition coefficient (Wildman–Crippen LogP) is 2.72. The Bertz CT molecular complexity index is 526. The number of carbonyl (C=O) groups excluding carboxylic acids is 1. The zero-order valence-electron chi connectivity index (χ0n) is 9.07. The first-order valence-corrected chi connectivity index (χ1v) is 5.68. The fourth-order valence-corrected chi connectivity index (χ4v) is 2.12. The molecule has 1 aromatic carbocycles. The molecule has 0 amide bonds. The molecule has 0 fully saturated rings. The summed E-state index contributed by atoms with van der Waals surface area (Å²) in [4.78, 5) is 12.2. The van der Waals surface area contributed by atoms with E-state index in [9.17, 15) is 4.79 Å². The highest BCUT2D eigenvalue weighted by Gasteiger charge is 2.16. The second kappa shape index (κ2) is 4.22. The lowest BCUT2D eigenvalue weighted by Crippen LogP contribution is -2.09. The Morgan fingerprint density at radius 1 is 1.44 bits per heavy atom. The van der Waals surface area contributed by atoms with Gasteiger partial charge in [-0.05, 0) is 28.9 Å². The maximum absolute atomic E-state index is 12.2. The summed E-state index contributed by atoms with van der Waals surface area (Å²) < 4.78 is 2.30. The van der Waals surface area contributed by atoms with Gasteiger partial charge >= 0.3 is 0 Å². The highest BCUT2D eigenvalue weighted by Crippen LogP contribution is 2.19. The number of halogens is 1. The van der Waals surface area contributed by atoms with Crippen LogP contribution in [0, 0.1) is 6.92 Å². The third-order valence-electron chi connectivity index (χ3n) is 2.39. The van der Waals surface area contributed by atoms with Crippen molar-refractivity contribution in [2.45, 2.75) is 6.92 Å². The molecule has 3 nitrogen and oxygen atoms in total. The molecule has 0 aliphatic rings. The highest BCUT2D eigenvalue weighted by molar-refractivity contribution is 9.10. The molecule has 0 saturated carbocycles. The van der Waals surface area contributed by atoms with Gasteiger partial charge in [-0.3, -0.25) is 9.48 Å². The average Bonchev–Trinajstić information content (AvgIpc) is 2.58. The molecule has 1 heterocycles. The van der Waals surface area contributed by atoms with Gasteiger partial charge in [0.15, 0.2) is 0 Å². The van der Waals surface area contributed by atoms with Crippen molar-refractivity contribution in [3.05, 3.63) is 51.8 Å². The number of hydrogen-bond acceptors (Lipinski definition) is 2.